The maximum absolute atomic E-state index is 12.7. The van der Waals surface area contributed by atoms with Crippen LogP contribution in [0.4, 0.5) is 4.39 Å². The Balaban J connectivity index is 3.69. The highest BCUT2D eigenvalue weighted by molar-refractivity contribution is 4.85. The van der Waals surface area contributed by atoms with Gasteiger partial charge in [0.25, 0.3) is 0 Å². The smallest absolute Gasteiger partial charge is 0.311 e. The number of H-pyrrole nitrogens is 1. The minimum Gasteiger partial charge on any atom is -0.311 e. The van der Waals surface area contributed by atoms with E-state index in [0.29, 0.717) is 0 Å². The third-order valence-electron chi connectivity index (χ3n) is 1.37. The average molecular weight is 157 g/mol. The molecular weight excluding hydrogens is 149 g/mol. The van der Waals surface area contributed by atoms with E-state index in [1.54, 1.807) is 0 Å². The predicted molar refractivity (Wildman–Crippen MR) is 37.5 cm³/mol. The Kier molecular flexibility index (Phi) is 1.89. The van der Waals surface area contributed by atoms with Crippen LogP contribution in [0.2, 0.25) is 0 Å². The van der Waals surface area contributed by atoms with E-state index in [9.17, 15) is 9.18 Å². The van der Waals surface area contributed by atoms with Crippen LogP contribution in [0.15, 0.2) is 16.0 Å². The minimum atomic E-state index is -0.533. The molecule has 1 N–H and O–H groups in total. The number of nitrogens with one attached hydrogen (secondary N) is 1. The molecule has 0 bridgehead atoms. The van der Waals surface area contributed by atoms with E-state index < -0.39 is 5.82 Å². The molecule has 5 heteroatoms. The first-order chi connectivity index (χ1) is 5.16. The van der Waals surface area contributed by atoms with E-state index >= 15 is 0 Å². The molecule has 11 heavy (non-hydrogen) atoms. The van der Waals surface area contributed by atoms with Crippen molar-refractivity contribution in [2.24, 2.45) is 12.0 Å². The number of aromatic nitrogens is 2. The highest BCUT2D eigenvalue weighted by atomic mass is 19.1. The largest absolute Gasteiger partial charge is 0.326 e. The Hall–Kier alpha value is -1.39. The van der Waals surface area contributed by atoms with E-state index in [1.807, 2.05) is 0 Å². The summed E-state index contributed by atoms with van der Waals surface area (Å²) >= 11 is 0. The summed E-state index contributed by atoms with van der Waals surface area (Å²) in [6.07, 6.45) is 0.991. The van der Waals surface area contributed by atoms with Gasteiger partial charge in [-0.1, -0.05) is 0 Å². The molecule has 0 aromatic carbocycles. The molecule has 0 saturated heterocycles. The van der Waals surface area contributed by atoms with Crippen molar-refractivity contribution >= 4 is 0 Å². The van der Waals surface area contributed by atoms with Crippen LogP contribution >= 0.6 is 0 Å². The zero-order valence-electron chi connectivity index (χ0n) is 6.26. The van der Waals surface area contributed by atoms with Gasteiger partial charge in [-0.3, -0.25) is 9.56 Å². The zero-order valence-corrected chi connectivity index (χ0v) is 6.26. The third-order valence-corrected chi connectivity index (χ3v) is 1.37. The van der Waals surface area contributed by atoms with Crippen molar-refractivity contribution in [1.29, 1.82) is 0 Å². The molecule has 0 aliphatic carbocycles. The third kappa shape index (κ3) is 1.21. The van der Waals surface area contributed by atoms with E-state index in [1.165, 1.54) is 14.1 Å². The van der Waals surface area contributed by atoms with Gasteiger partial charge in [-0.2, -0.15) is 0 Å². The lowest BCUT2D eigenvalue weighted by atomic mass is 10.6. The molecular formula is C6H8FN3O. The van der Waals surface area contributed by atoms with Crippen LogP contribution < -0.4 is 11.2 Å². The summed E-state index contributed by atoms with van der Waals surface area (Å²) in [5.74, 6) is -0.533. The summed E-state index contributed by atoms with van der Waals surface area (Å²) in [6.45, 7) is 0. The Morgan fingerprint density at radius 3 is 2.82 bits per heavy atom. The van der Waals surface area contributed by atoms with Gasteiger partial charge in [0.05, 0.1) is 0 Å². The van der Waals surface area contributed by atoms with Gasteiger partial charge in [0.15, 0.2) is 11.3 Å². The van der Waals surface area contributed by atoms with E-state index in [2.05, 4.69) is 9.98 Å². The summed E-state index contributed by atoms with van der Waals surface area (Å²) in [7, 11) is 2.88. The zero-order chi connectivity index (χ0) is 8.43. The molecule has 4 nitrogen and oxygen atoms in total. The highest BCUT2D eigenvalue weighted by Gasteiger charge is 1.97. The topological polar surface area (TPSA) is 50.1 Å². The van der Waals surface area contributed by atoms with Crippen LogP contribution in [0.3, 0.4) is 0 Å². The van der Waals surface area contributed by atoms with Gasteiger partial charge in [-0.15, -0.1) is 0 Å². The van der Waals surface area contributed by atoms with Gasteiger partial charge in [0, 0.05) is 20.3 Å². The van der Waals surface area contributed by atoms with Gasteiger partial charge < -0.3 is 4.98 Å². The Bertz CT molecular complexity index is 376. The average Bonchev–Trinajstić information content (AvgIpc) is 1.99. The maximum Gasteiger partial charge on any atom is 0.326 e. The van der Waals surface area contributed by atoms with Crippen LogP contribution in [0.25, 0.3) is 0 Å². The number of hydrogen-bond acceptors (Lipinski definition) is 2. The van der Waals surface area contributed by atoms with Crippen LogP contribution in [-0.4, -0.2) is 16.6 Å². The molecule has 0 spiro atoms. The maximum atomic E-state index is 12.7. The monoisotopic (exact) mass is 157 g/mol. The molecule has 1 aromatic rings. The van der Waals surface area contributed by atoms with Gasteiger partial charge in [-0.25, -0.2) is 9.18 Å². The second-order valence-electron chi connectivity index (χ2n) is 2.05. The van der Waals surface area contributed by atoms with Gasteiger partial charge >= 0.3 is 5.69 Å². The molecule has 0 radical (unpaired) electrons. The first-order valence-corrected chi connectivity index (χ1v) is 3.04. The Morgan fingerprint density at radius 1 is 1.73 bits per heavy atom. The molecule has 0 amide bonds. The van der Waals surface area contributed by atoms with Gasteiger partial charge in [0.1, 0.15) is 0 Å². The Labute approximate surface area is 62.0 Å². The Morgan fingerprint density at radius 2 is 2.36 bits per heavy atom. The molecule has 1 aromatic heterocycles. The summed E-state index contributed by atoms with van der Waals surface area (Å²) in [6, 6.07) is 0. The molecule has 0 fully saturated rings. The molecule has 60 valence electrons. The van der Waals surface area contributed by atoms with E-state index in [4.69, 9.17) is 0 Å². The second kappa shape index (κ2) is 2.69. The number of rotatable bonds is 0. The van der Waals surface area contributed by atoms with Crippen molar-refractivity contribution < 1.29 is 4.39 Å². The summed E-state index contributed by atoms with van der Waals surface area (Å²) in [5.41, 5.74) is -0.333. The second-order valence-corrected chi connectivity index (χ2v) is 2.05. The predicted octanol–water partition coefficient (Wildman–Crippen LogP) is -0.617. The van der Waals surface area contributed by atoms with Crippen molar-refractivity contribution in [3.63, 3.8) is 0 Å². The van der Waals surface area contributed by atoms with Crippen LogP contribution in [-0.2, 0) is 7.05 Å². The van der Waals surface area contributed by atoms with Crippen molar-refractivity contribution in [2.45, 2.75) is 0 Å². The fourth-order valence-corrected chi connectivity index (χ4v) is 0.800. The van der Waals surface area contributed by atoms with E-state index in [0.717, 1.165) is 10.8 Å². The molecule has 0 aliphatic rings. The lowest BCUT2D eigenvalue weighted by Crippen LogP contribution is -2.34. The molecule has 0 unspecified atom stereocenters. The number of halogens is 1. The van der Waals surface area contributed by atoms with Crippen molar-refractivity contribution in [1.82, 2.24) is 9.55 Å². The number of hydrogen-bond donors (Lipinski definition) is 1. The van der Waals surface area contributed by atoms with Crippen LogP contribution in [0, 0.1) is 5.82 Å². The molecule has 0 aliphatic heterocycles. The lowest BCUT2D eigenvalue weighted by Gasteiger charge is -1.96. The molecule has 1 heterocycles. The number of nitrogens with zero attached hydrogens (tertiary/aromatic N) is 2. The minimum absolute atomic E-state index is 0.0498. The van der Waals surface area contributed by atoms with Crippen LogP contribution in [0.5, 0.6) is 0 Å². The highest BCUT2D eigenvalue weighted by Crippen LogP contribution is 1.78. The normalized spacial score (nSPS) is 12.1. The fraction of sp³-hybridized carbons (Fsp3) is 0.333. The quantitative estimate of drug-likeness (QED) is 0.536. The van der Waals surface area contributed by atoms with Gasteiger partial charge in [0.2, 0.25) is 0 Å². The van der Waals surface area contributed by atoms with Gasteiger partial charge in [-0.05, 0) is 0 Å². The lowest BCUT2D eigenvalue weighted by molar-refractivity contribution is 0.560. The molecule has 1 rings (SSSR count). The SMILES string of the molecule is C/N=c1\c(F)c[nH]c(=O)n1C. The van der Waals surface area contributed by atoms with Crippen LogP contribution in [0.1, 0.15) is 0 Å². The standard InChI is InChI=1S/C6H8FN3O/c1-8-5-4(7)3-9-6(11)10(5)2/h3H,1-2H3,(H,9,11)/b8-5+. The van der Waals surface area contributed by atoms with Crippen molar-refractivity contribution in [3.05, 3.63) is 28.0 Å². The first kappa shape index (κ1) is 7.71. The fourth-order valence-electron chi connectivity index (χ4n) is 0.800. The van der Waals surface area contributed by atoms with Crippen molar-refractivity contribution in [2.75, 3.05) is 7.05 Å². The summed E-state index contributed by atoms with van der Waals surface area (Å²) in [5, 5.41) is 0. The number of aromatic amines is 1. The molecule has 0 atom stereocenters. The summed E-state index contributed by atoms with van der Waals surface area (Å²) < 4.78 is 13.9. The summed E-state index contributed by atoms with van der Waals surface area (Å²) in [4.78, 5) is 16.6. The van der Waals surface area contributed by atoms with E-state index in [-0.39, 0.29) is 11.2 Å². The molecule has 0 saturated carbocycles. The van der Waals surface area contributed by atoms with Crippen molar-refractivity contribution in [3.8, 4) is 0 Å². The first-order valence-electron chi connectivity index (χ1n) is 3.04.